The molecule has 0 aromatic rings. The molecule has 1 fully saturated rings. The molecule has 0 bridgehead atoms. The molecule has 0 amide bonds. The monoisotopic (exact) mass is 246 g/mol. The zero-order chi connectivity index (χ0) is 13.1. The Hall–Kier alpha value is -0.160. The lowest BCUT2D eigenvalue weighted by Crippen LogP contribution is -3.16. The van der Waals surface area contributed by atoms with E-state index in [1.54, 1.807) is 0 Å². The molecule has 4 heteroatoms. The van der Waals surface area contributed by atoms with E-state index >= 15 is 0 Å². The van der Waals surface area contributed by atoms with E-state index in [9.17, 15) is 5.11 Å². The highest BCUT2D eigenvalue weighted by Crippen LogP contribution is 2.06. The zero-order valence-corrected chi connectivity index (χ0v) is 11.8. The van der Waals surface area contributed by atoms with Crippen molar-refractivity contribution >= 4 is 0 Å². The number of rotatable bonds is 4. The van der Waals surface area contributed by atoms with Crippen LogP contribution in [-0.4, -0.2) is 55.3 Å². The molecule has 1 aliphatic rings. The van der Waals surface area contributed by atoms with Crippen molar-refractivity contribution in [2.75, 3.05) is 26.2 Å². The minimum atomic E-state index is -0.387. The van der Waals surface area contributed by atoms with E-state index in [0.29, 0.717) is 6.61 Å². The van der Waals surface area contributed by atoms with E-state index in [1.165, 1.54) is 4.90 Å². The molecular formula is C13H28NO3+. The molecular weight excluding hydrogens is 218 g/mol. The minimum absolute atomic E-state index is 0.179. The number of ether oxygens (including phenoxy) is 2. The summed E-state index contributed by atoms with van der Waals surface area (Å²) in [5.41, 5.74) is -0.179. The number of aliphatic hydroxyl groups is 1. The molecule has 1 heterocycles. The van der Waals surface area contributed by atoms with Crippen LogP contribution < -0.4 is 4.90 Å². The third-order valence-electron chi connectivity index (χ3n) is 2.85. The summed E-state index contributed by atoms with van der Waals surface area (Å²) >= 11 is 0. The zero-order valence-electron chi connectivity index (χ0n) is 11.8. The van der Waals surface area contributed by atoms with Crippen LogP contribution in [-0.2, 0) is 9.47 Å². The van der Waals surface area contributed by atoms with Crippen molar-refractivity contribution in [1.82, 2.24) is 0 Å². The Labute approximate surface area is 105 Å². The second-order valence-corrected chi connectivity index (χ2v) is 6.20. The van der Waals surface area contributed by atoms with Crippen molar-refractivity contribution in [2.45, 2.75) is 58.5 Å². The van der Waals surface area contributed by atoms with Gasteiger partial charge in [-0.15, -0.1) is 0 Å². The van der Waals surface area contributed by atoms with Crippen LogP contribution in [0.1, 0.15) is 34.6 Å². The number of quaternary nitrogens is 1. The van der Waals surface area contributed by atoms with E-state index in [2.05, 4.69) is 13.8 Å². The summed E-state index contributed by atoms with van der Waals surface area (Å²) in [5, 5.41) is 9.95. The van der Waals surface area contributed by atoms with Crippen LogP contribution in [0.15, 0.2) is 0 Å². The fourth-order valence-corrected chi connectivity index (χ4v) is 2.29. The van der Waals surface area contributed by atoms with Gasteiger partial charge in [-0.25, -0.2) is 0 Å². The van der Waals surface area contributed by atoms with E-state index in [-0.39, 0.29) is 23.9 Å². The molecule has 1 aliphatic heterocycles. The maximum Gasteiger partial charge on any atom is 0.126 e. The highest BCUT2D eigenvalue weighted by molar-refractivity contribution is 4.63. The third-order valence-corrected chi connectivity index (χ3v) is 2.85. The summed E-state index contributed by atoms with van der Waals surface area (Å²) in [5.74, 6) is 0. The van der Waals surface area contributed by atoms with Crippen molar-refractivity contribution in [2.24, 2.45) is 0 Å². The van der Waals surface area contributed by atoms with Gasteiger partial charge in [-0.3, -0.25) is 0 Å². The molecule has 0 aromatic heterocycles. The smallest absolute Gasteiger partial charge is 0.126 e. The molecule has 3 atom stereocenters. The summed E-state index contributed by atoms with van der Waals surface area (Å²) in [6.45, 7) is 13.3. The van der Waals surface area contributed by atoms with Gasteiger partial charge in [0.15, 0.2) is 0 Å². The molecule has 1 saturated heterocycles. The topological polar surface area (TPSA) is 43.1 Å². The SMILES string of the molecule is CC1C[NH+](CC(O)COC(C)(C)C)CC(C)O1. The number of aliphatic hydroxyl groups excluding tert-OH is 1. The van der Waals surface area contributed by atoms with Crippen molar-refractivity contribution in [3.05, 3.63) is 0 Å². The van der Waals surface area contributed by atoms with Gasteiger partial charge in [0.25, 0.3) is 0 Å². The van der Waals surface area contributed by atoms with Crippen molar-refractivity contribution in [1.29, 1.82) is 0 Å². The Bertz CT molecular complexity index is 217. The molecule has 17 heavy (non-hydrogen) atoms. The van der Waals surface area contributed by atoms with Crippen molar-refractivity contribution in [3.8, 4) is 0 Å². The lowest BCUT2D eigenvalue weighted by Gasteiger charge is -2.33. The Morgan fingerprint density at radius 2 is 1.82 bits per heavy atom. The Balaban J connectivity index is 2.28. The van der Waals surface area contributed by atoms with Gasteiger partial charge in [-0.1, -0.05) is 0 Å². The second-order valence-electron chi connectivity index (χ2n) is 6.20. The fourth-order valence-electron chi connectivity index (χ4n) is 2.29. The molecule has 4 nitrogen and oxygen atoms in total. The second kappa shape index (κ2) is 6.14. The molecule has 0 spiro atoms. The first kappa shape index (κ1) is 14.9. The van der Waals surface area contributed by atoms with E-state index in [4.69, 9.17) is 9.47 Å². The Morgan fingerprint density at radius 1 is 1.29 bits per heavy atom. The molecule has 1 rings (SSSR count). The van der Waals surface area contributed by atoms with Gasteiger partial charge in [0.2, 0.25) is 0 Å². The van der Waals surface area contributed by atoms with E-state index < -0.39 is 0 Å². The van der Waals surface area contributed by atoms with Gasteiger partial charge in [0, 0.05) is 0 Å². The Morgan fingerprint density at radius 3 is 2.29 bits per heavy atom. The third kappa shape index (κ3) is 6.36. The quantitative estimate of drug-likeness (QED) is 0.725. The maximum atomic E-state index is 9.95. The van der Waals surface area contributed by atoms with Crippen LogP contribution in [0.3, 0.4) is 0 Å². The summed E-state index contributed by atoms with van der Waals surface area (Å²) in [7, 11) is 0. The predicted octanol–water partition coefficient (Wildman–Crippen LogP) is -0.145. The Kier molecular flexibility index (Phi) is 5.38. The van der Waals surface area contributed by atoms with Crippen LogP contribution in [0.25, 0.3) is 0 Å². The predicted molar refractivity (Wildman–Crippen MR) is 67.3 cm³/mol. The number of morpholine rings is 1. The van der Waals surface area contributed by atoms with Crippen LogP contribution in [0.4, 0.5) is 0 Å². The molecule has 0 radical (unpaired) electrons. The minimum Gasteiger partial charge on any atom is -0.385 e. The average Bonchev–Trinajstić information content (AvgIpc) is 2.11. The first-order chi connectivity index (χ1) is 7.76. The van der Waals surface area contributed by atoms with E-state index in [0.717, 1.165) is 19.6 Å². The van der Waals surface area contributed by atoms with Crippen molar-refractivity contribution < 1.29 is 19.5 Å². The van der Waals surface area contributed by atoms with Crippen LogP contribution in [0.5, 0.6) is 0 Å². The lowest BCUT2D eigenvalue weighted by molar-refractivity contribution is -0.918. The van der Waals surface area contributed by atoms with E-state index in [1.807, 2.05) is 20.8 Å². The molecule has 2 N–H and O–H groups in total. The molecule has 102 valence electrons. The van der Waals surface area contributed by atoms with Crippen LogP contribution >= 0.6 is 0 Å². The molecule has 0 saturated carbocycles. The maximum absolute atomic E-state index is 9.95. The van der Waals surface area contributed by atoms with Gasteiger partial charge in [-0.2, -0.15) is 0 Å². The van der Waals surface area contributed by atoms with Gasteiger partial charge < -0.3 is 19.5 Å². The summed E-state index contributed by atoms with van der Waals surface area (Å²) < 4.78 is 11.3. The standard InChI is InChI=1S/C13H27NO3/c1-10-6-14(7-11(2)17-10)8-12(15)9-16-13(3,4)5/h10-12,15H,6-9H2,1-5H3/p+1. The lowest BCUT2D eigenvalue weighted by atomic mass is 10.2. The van der Waals surface area contributed by atoms with Gasteiger partial charge in [0.1, 0.15) is 37.9 Å². The van der Waals surface area contributed by atoms with Gasteiger partial charge >= 0.3 is 0 Å². The number of hydrogen-bond donors (Lipinski definition) is 2. The highest BCUT2D eigenvalue weighted by atomic mass is 16.5. The molecule has 3 unspecified atom stereocenters. The number of nitrogens with one attached hydrogen (secondary N) is 1. The van der Waals surface area contributed by atoms with Crippen LogP contribution in [0.2, 0.25) is 0 Å². The largest absolute Gasteiger partial charge is 0.385 e. The fraction of sp³-hybridized carbons (Fsp3) is 1.00. The normalized spacial score (nSPS) is 32.5. The highest BCUT2D eigenvalue weighted by Gasteiger charge is 2.27. The number of hydrogen-bond acceptors (Lipinski definition) is 3. The van der Waals surface area contributed by atoms with Gasteiger partial charge in [0.05, 0.1) is 12.2 Å². The average molecular weight is 246 g/mol. The van der Waals surface area contributed by atoms with Crippen LogP contribution in [0, 0.1) is 0 Å². The molecule has 0 aliphatic carbocycles. The molecule has 0 aromatic carbocycles. The summed E-state index contributed by atoms with van der Waals surface area (Å²) in [6.07, 6.45) is 0.177. The first-order valence-electron chi connectivity index (χ1n) is 6.57. The van der Waals surface area contributed by atoms with Gasteiger partial charge in [-0.05, 0) is 34.6 Å². The first-order valence-corrected chi connectivity index (χ1v) is 6.57. The summed E-state index contributed by atoms with van der Waals surface area (Å²) in [4.78, 5) is 1.40. The van der Waals surface area contributed by atoms with Crippen molar-refractivity contribution in [3.63, 3.8) is 0 Å². The summed E-state index contributed by atoms with van der Waals surface area (Å²) in [6, 6.07) is 0.